The molecule has 0 aliphatic carbocycles. The highest BCUT2D eigenvalue weighted by molar-refractivity contribution is 6.16. The van der Waals surface area contributed by atoms with Crippen LogP contribution in [-0.4, -0.2) is 14.5 Å². The molecule has 3 heterocycles. The van der Waals surface area contributed by atoms with E-state index in [0.29, 0.717) is 17.7 Å². The Kier molecular flexibility index (Phi) is 6.54. The quantitative estimate of drug-likeness (QED) is 0.184. The molecule has 0 amide bonds. The van der Waals surface area contributed by atoms with Crippen molar-refractivity contribution in [3.63, 3.8) is 0 Å². The van der Waals surface area contributed by atoms with Crippen LogP contribution in [0.4, 0.5) is 0 Å². The third kappa shape index (κ3) is 4.18. The van der Waals surface area contributed by atoms with Gasteiger partial charge in [-0.15, -0.1) is 0 Å². The van der Waals surface area contributed by atoms with Gasteiger partial charge in [0.1, 0.15) is 16.8 Å². The van der Waals surface area contributed by atoms with Crippen LogP contribution in [0.2, 0.25) is 0 Å². The molecule has 0 bridgehead atoms. The lowest BCUT2D eigenvalue weighted by Gasteiger charge is -2.18. The number of aromatic nitrogens is 4. The van der Waals surface area contributed by atoms with Crippen molar-refractivity contribution < 1.29 is 8.98 Å². The first-order chi connectivity index (χ1) is 22.3. The third-order valence-corrected chi connectivity index (χ3v) is 9.41. The molecule has 0 aliphatic rings. The molecular weight excluding hydrogens is 564 g/mol. The number of benzene rings is 5. The number of rotatable bonds is 5. The van der Waals surface area contributed by atoms with E-state index in [4.69, 9.17) is 14.4 Å². The van der Waals surface area contributed by atoms with Gasteiger partial charge in [-0.1, -0.05) is 100 Å². The van der Waals surface area contributed by atoms with Gasteiger partial charge in [0.15, 0.2) is 22.4 Å². The Morgan fingerprint density at radius 1 is 0.696 bits per heavy atom. The van der Waals surface area contributed by atoms with Crippen molar-refractivity contribution in [1.29, 1.82) is 0 Å². The molecule has 5 heteroatoms. The van der Waals surface area contributed by atoms with Crippen molar-refractivity contribution in [2.75, 3.05) is 0 Å². The first-order valence-electron chi connectivity index (χ1n) is 16.1. The Bertz CT molecular complexity index is 2420. The van der Waals surface area contributed by atoms with Gasteiger partial charge in [0.2, 0.25) is 0 Å². The zero-order chi connectivity index (χ0) is 31.7. The van der Waals surface area contributed by atoms with Crippen molar-refractivity contribution in [3.05, 3.63) is 120 Å². The van der Waals surface area contributed by atoms with Gasteiger partial charge < -0.3 is 4.42 Å². The standard InChI is InChI=1S/C41H37N4O/c1-24(2)28-15-12-16-29(25(3)4)37(28)45-35-18-11-10-17-34(35)44(6)41(45)36-26(5)19-20-31-30-21-22-33-32(38(30)46-39(31)36)23-42-40(43-33)27-13-8-7-9-14-27/h7-25H,1-6H3/q+1. The summed E-state index contributed by atoms with van der Waals surface area (Å²) < 4.78 is 11.8. The summed E-state index contributed by atoms with van der Waals surface area (Å²) in [7, 11) is 2.18. The van der Waals surface area contributed by atoms with Crippen molar-refractivity contribution in [2.45, 2.75) is 46.5 Å². The van der Waals surface area contributed by atoms with E-state index < -0.39 is 0 Å². The second kappa shape index (κ2) is 10.7. The summed E-state index contributed by atoms with van der Waals surface area (Å²) in [4.78, 5) is 9.70. The lowest BCUT2D eigenvalue weighted by Crippen LogP contribution is -2.30. The van der Waals surface area contributed by atoms with Crippen molar-refractivity contribution in [3.8, 4) is 28.5 Å². The maximum atomic E-state index is 6.97. The summed E-state index contributed by atoms with van der Waals surface area (Å²) in [6.45, 7) is 11.3. The first kappa shape index (κ1) is 28.2. The van der Waals surface area contributed by atoms with Gasteiger partial charge in [-0.2, -0.15) is 4.57 Å². The van der Waals surface area contributed by atoms with E-state index in [1.54, 1.807) is 0 Å². The predicted octanol–water partition coefficient (Wildman–Crippen LogP) is 10.2. The average Bonchev–Trinajstić information content (AvgIpc) is 3.59. The number of imidazole rings is 1. The number of hydrogen-bond acceptors (Lipinski definition) is 3. The molecule has 0 atom stereocenters. The maximum absolute atomic E-state index is 6.97. The van der Waals surface area contributed by atoms with E-state index in [0.717, 1.165) is 55.4 Å². The van der Waals surface area contributed by atoms with Gasteiger partial charge in [-0.05, 0) is 48.6 Å². The molecule has 8 aromatic rings. The molecule has 0 unspecified atom stereocenters. The second-order valence-electron chi connectivity index (χ2n) is 13.0. The van der Waals surface area contributed by atoms with Crippen LogP contribution in [0.1, 0.15) is 56.2 Å². The molecule has 0 N–H and O–H groups in total. The summed E-state index contributed by atoms with van der Waals surface area (Å²) in [5.74, 6) is 2.51. The summed E-state index contributed by atoms with van der Waals surface area (Å²) in [5, 5.41) is 3.06. The third-order valence-electron chi connectivity index (χ3n) is 9.41. The molecule has 0 radical (unpaired) electrons. The van der Waals surface area contributed by atoms with Crippen LogP contribution in [0.3, 0.4) is 0 Å². The molecule has 0 saturated heterocycles. The Balaban J connectivity index is 1.47. The molecular formula is C41H37N4O+. The average molecular weight is 602 g/mol. The van der Waals surface area contributed by atoms with Crippen LogP contribution in [0.15, 0.2) is 108 Å². The minimum Gasteiger partial charge on any atom is -0.454 e. The predicted molar refractivity (Wildman–Crippen MR) is 189 cm³/mol. The van der Waals surface area contributed by atoms with Gasteiger partial charge in [-0.3, -0.25) is 0 Å². The van der Waals surface area contributed by atoms with E-state index in [-0.39, 0.29) is 0 Å². The van der Waals surface area contributed by atoms with Crippen LogP contribution in [0, 0.1) is 6.92 Å². The summed E-state index contributed by atoms with van der Waals surface area (Å²) in [6.07, 6.45) is 1.91. The lowest BCUT2D eigenvalue weighted by atomic mass is 9.92. The minimum absolute atomic E-state index is 0.350. The van der Waals surface area contributed by atoms with E-state index in [2.05, 4.69) is 118 Å². The van der Waals surface area contributed by atoms with Crippen molar-refractivity contribution in [1.82, 2.24) is 14.5 Å². The van der Waals surface area contributed by atoms with Gasteiger partial charge in [0.05, 0.1) is 18.0 Å². The zero-order valence-electron chi connectivity index (χ0n) is 27.2. The molecule has 226 valence electrons. The van der Waals surface area contributed by atoms with Crippen LogP contribution in [0.25, 0.3) is 72.3 Å². The molecule has 8 rings (SSSR count). The molecule has 0 aliphatic heterocycles. The Morgan fingerprint density at radius 3 is 2.11 bits per heavy atom. The van der Waals surface area contributed by atoms with Crippen LogP contribution >= 0.6 is 0 Å². The second-order valence-corrected chi connectivity index (χ2v) is 13.0. The number of hydrogen-bond donors (Lipinski definition) is 0. The van der Waals surface area contributed by atoms with Crippen molar-refractivity contribution >= 4 is 43.9 Å². The Hall–Kier alpha value is -5.29. The topological polar surface area (TPSA) is 47.7 Å². The number of fused-ring (bicyclic) bond motifs is 6. The van der Waals surface area contributed by atoms with Gasteiger partial charge >= 0.3 is 0 Å². The molecule has 5 aromatic carbocycles. The number of aryl methyl sites for hydroxylation is 2. The fourth-order valence-electron chi connectivity index (χ4n) is 7.10. The monoisotopic (exact) mass is 601 g/mol. The van der Waals surface area contributed by atoms with E-state index in [9.17, 15) is 0 Å². The maximum Gasteiger partial charge on any atom is 0.299 e. The highest BCUT2D eigenvalue weighted by Crippen LogP contribution is 2.42. The van der Waals surface area contributed by atoms with Crippen molar-refractivity contribution in [2.24, 2.45) is 7.05 Å². The van der Waals surface area contributed by atoms with E-state index in [1.165, 1.54) is 27.8 Å². The number of furan rings is 1. The fraction of sp³-hybridized carbons (Fsp3) is 0.195. The zero-order valence-corrected chi connectivity index (χ0v) is 27.2. The highest BCUT2D eigenvalue weighted by atomic mass is 16.3. The highest BCUT2D eigenvalue weighted by Gasteiger charge is 2.33. The molecule has 0 saturated carbocycles. The SMILES string of the molecule is Cc1ccc2c(oc3c4cnc(-c5ccccc5)nc4ccc23)c1-c1n(-c2c(C(C)C)cccc2C(C)C)c2ccccc2[n+]1C. The van der Waals surface area contributed by atoms with Crippen LogP contribution in [0.5, 0.6) is 0 Å². The normalized spacial score (nSPS) is 12.1. The summed E-state index contributed by atoms with van der Waals surface area (Å²) >= 11 is 0. The summed E-state index contributed by atoms with van der Waals surface area (Å²) in [5.41, 5.74) is 12.1. The fourth-order valence-corrected chi connectivity index (χ4v) is 7.10. The lowest BCUT2D eigenvalue weighted by molar-refractivity contribution is -0.633. The summed E-state index contributed by atoms with van der Waals surface area (Å²) in [6, 6.07) is 34.3. The molecule has 5 nitrogen and oxygen atoms in total. The van der Waals surface area contributed by atoms with Gasteiger partial charge in [0.25, 0.3) is 5.82 Å². The van der Waals surface area contributed by atoms with E-state index in [1.807, 2.05) is 36.5 Å². The first-order valence-corrected chi connectivity index (χ1v) is 16.1. The Morgan fingerprint density at radius 2 is 1.37 bits per heavy atom. The van der Waals surface area contributed by atoms with Gasteiger partial charge in [-0.25, -0.2) is 14.5 Å². The number of nitrogens with zero attached hydrogens (tertiary/aromatic N) is 4. The number of para-hydroxylation sites is 3. The van der Waals surface area contributed by atoms with E-state index >= 15 is 0 Å². The van der Waals surface area contributed by atoms with Crippen LogP contribution in [-0.2, 0) is 7.05 Å². The molecule has 46 heavy (non-hydrogen) atoms. The smallest absolute Gasteiger partial charge is 0.299 e. The van der Waals surface area contributed by atoms with Gasteiger partial charge in [0, 0.05) is 33.7 Å². The van der Waals surface area contributed by atoms with Crippen LogP contribution < -0.4 is 4.57 Å². The molecule has 0 spiro atoms. The minimum atomic E-state index is 0.350. The largest absolute Gasteiger partial charge is 0.454 e. The Labute approximate surface area is 268 Å². The molecule has 3 aromatic heterocycles. The molecule has 0 fully saturated rings.